The molecule has 0 nitrogen and oxygen atoms in total. The highest BCUT2D eigenvalue weighted by atomic mass is 79.9. The second-order valence-corrected chi connectivity index (χ2v) is 6.11. The summed E-state index contributed by atoms with van der Waals surface area (Å²) in [5.41, 5.74) is 1.21. The van der Waals surface area contributed by atoms with Crippen LogP contribution >= 0.6 is 15.9 Å². The molecular formula is C11H21Br. The summed E-state index contributed by atoms with van der Waals surface area (Å²) in [4.78, 5) is 0. The summed E-state index contributed by atoms with van der Waals surface area (Å²) in [6, 6.07) is 0. The molecule has 72 valence electrons. The quantitative estimate of drug-likeness (QED) is 0.634. The van der Waals surface area contributed by atoms with E-state index in [0.717, 1.165) is 0 Å². The first-order chi connectivity index (χ1) is 5.47. The van der Waals surface area contributed by atoms with Crippen molar-refractivity contribution < 1.29 is 0 Å². The van der Waals surface area contributed by atoms with E-state index in [1.165, 1.54) is 37.4 Å². The second-order valence-electron chi connectivity index (χ2n) is 5.55. The lowest BCUT2D eigenvalue weighted by Gasteiger charge is -2.42. The maximum Gasteiger partial charge on any atom is 0.00879 e. The second kappa shape index (κ2) is 3.69. The van der Waals surface area contributed by atoms with E-state index in [0.29, 0.717) is 10.8 Å². The molecule has 0 aromatic rings. The zero-order chi connectivity index (χ0) is 9.24. The van der Waals surface area contributed by atoms with Gasteiger partial charge in [-0.1, -0.05) is 43.1 Å². The van der Waals surface area contributed by atoms with Crippen LogP contribution in [0.15, 0.2) is 0 Å². The van der Waals surface area contributed by atoms with Crippen LogP contribution in [0, 0.1) is 10.8 Å². The SMILES string of the molecule is CC(C)(C)CCC1(CBr)CCC1. The predicted octanol–water partition coefficient (Wildman–Crippen LogP) is 4.38. The van der Waals surface area contributed by atoms with E-state index in [4.69, 9.17) is 0 Å². The molecule has 0 aliphatic heterocycles. The van der Waals surface area contributed by atoms with Gasteiger partial charge < -0.3 is 0 Å². The molecule has 0 aromatic heterocycles. The number of alkyl halides is 1. The first kappa shape index (κ1) is 10.6. The van der Waals surface area contributed by atoms with Gasteiger partial charge in [0.1, 0.15) is 0 Å². The Bertz CT molecular complexity index is 134. The summed E-state index contributed by atoms with van der Waals surface area (Å²) < 4.78 is 0. The molecule has 1 rings (SSSR count). The molecule has 0 N–H and O–H groups in total. The summed E-state index contributed by atoms with van der Waals surface area (Å²) >= 11 is 3.65. The van der Waals surface area contributed by atoms with E-state index >= 15 is 0 Å². The monoisotopic (exact) mass is 232 g/mol. The fourth-order valence-electron chi connectivity index (χ4n) is 1.77. The number of hydrogen-bond donors (Lipinski definition) is 0. The van der Waals surface area contributed by atoms with Crippen LogP contribution in [0.25, 0.3) is 0 Å². The summed E-state index contributed by atoms with van der Waals surface area (Å²) in [6.07, 6.45) is 7.15. The maximum absolute atomic E-state index is 3.65. The number of halogens is 1. The first-order valence-corrected chi connectivity index (χ1v) is 6.16. The van der Waals surface area contributed by atoms with Crippen molar-refractivity contribution in [1.82, 2.24) is 0 Å². The molecule has 1 saturated carbocycles. The van der Waals surface area contributed by atoms with Gasteiger partial charge in [-0.05, 0) is 36.5 Å². The van der Waals surface area contributed by atoms with Gasteiger partial charge >= 0.3 is 0 Å². The molecule has 1 heteroatoms. The van der Waals surface area contributed by atoms with Gasteiger partial charge in [-0.2, -0.15) is 0 Å². The lowest BCUT2D eigenvalue weighted by atomic mass is 9.66. The molecule has 0 heterocycles. The lowest BCUT2D eigenvalue weighted by Crippen LogP contribution is -2.32. The van der Waals surface area contributed by atoms with Crippen LogP contribution in [0.1, 0.15) is 52.9 Å². The molecule has 0 aromatic carbocycles. The van der Waals surface area contributed by atoms with Crippen LogP contribution in [0.5, 0.6) is 0 Å². The summed E-state index contributed by atoms with van der Waals surface area (Å²) in [7, 11) is 0. The lowest BCUT2D eigenvalue weighted by molar-refractivity contribution is 0.130. The molecule has 12 heavy (non-hydrogen) atoms. The van der Waals surface area contributed by atoms with Crippen LogP contribution in [-0.2, 0) is 0 Å². The van der Waals surface area contributed by atoms with Gasteiger partial charge in [0.25, 0.3) is 0 Å². The minimum Gasteiger partial charge on any atom is -0.0922 e. The molecular weight excluding hydrogens is 212 g/mol. The minimum atomic E-state index is 0.519. The standard InChI is InChI=1S/C11H21Br/c1-10(2,3)7-8-11(9-12)5-4-6-11/h4-9H2,1-3H3. The Morgan fingerprint density at radius 3 is 2.08 bits per heavy atom. The van der Waals surface area contributed by atoms with Crippen molar-refractivity contribution in [3.8, 4) is 0 Å². The third kappa shape index (κ3) is 2.76. The van der Waals surface area contributed by atoms with E-state index in [1.54, 1.807) is 0 Å². The van der Waals surface area contributed by atoms with Crippen LogP contribution < -0.4 is 0 Å². The smallest absolute Gasteiger partial charge is 0.00879 e. The molecule has 0 unspecified atom stereocenters. The normalized spacial score (nSPS) is 22.0. The Hall–Kier alpha value is 0.480. The Morgan fingerprint density at radius 1 is 1.25 bits per heavy atom. The van der Waals surface area contributed by atoms with Crippen molar-refractivity contribution in [2.24, 2.45) is 10.8 Å². The molecule has 1 aliphatic rings. The highest BCUT2D eigenvalue weighted by molar-refractivity contribution is 9.09. The molecule has 0 atom stereocenters. The van der Waals surface area contributed by atoms with Gasteiger partial charge in [-0.15, -0.1) is 0 Å². The van der Waals surface area contributed by atoms with Crippen LogP contribution in [0.3, 0.4) is 0 Å². The van der Waals surface area contributed by atoms with Crippen molar-refractivity contribution in [2.75, 3.05) is 5.33 Å². The topological polar surface area (TPSA) is 0 Å². The Labute approximate surface area is 85.3 Å². The maximum atomic E-state index is 3.65. The molecule has 0 spiro atoms. The van der Waals surface area contributed by atoms with Gasteiger partial charge in [-0.25, -0.2) is 0 Å². The van der Waals surface area contributed by atoms with Crippen molar-refractivity contribution in [3.63, 3.8) is 0 Å². The Morgan fingerprint density at radius 2 is 1.83 bits per heavy atom. The van der Waals surface area contributed by atoms with Crippen molar-refractivity contribution in [3.05, 3.63) is 0 Å². The third-order valence-corrected chi connectivity index (χ3v) is 4.29. The van der Waals surface area contributed by atoms with Crippen LogP contribution in [-0.4, -0.2) is 5.33 Å². The average Bonchev–Trinajstić information content (AvgIpc) is 1.84. The largest absolute Gasteiger partial charge is 0.0922 e. The molecule has 1 fully saturated rings. The molecule has 0 amide bonds. The molecule has 1 aliphatic carbocycles. The highest BCUT2D eigenvalue weighted by Gasteiger charge is 2.36. The van der Waals surface area contributed by atoms with Gasteiger partial charge in [0.05, 0.1) is 0 Å². The number of rotatable bonds is 3. The van der Waals surface area contributed by atoms with Crippen LogP contribution in [0.2, 0.25) is 0 Å². The summed E-state index contributed by atoms with van der Waals surface area (Å²) in [5.74, 6) is 0. The Balaban J connectivity index is 2.30. The minimum absolute atomic E-state index is 0.519. The Kier molecular flexibility index (Phi) is 3.25. The van der Waals surface area contributed by atoms with Gasteiger partial charge in [-0.3, -0.25) is 0 Å². The molecule has 0 bridgehead atoms. The van der Waals surface area contributed by atoms with E-state index in [1.807, 2.05) is 0 Å². The fraction of sp³-hybridized carbons (Fsp3) is 1.00. The zero-order valence-corrected chi connectivity index (χ0v) is 10.2. The van der Waals surface area contributed by atoms with Crippen molar-refractivity contribution >= 4 is 15.9 Å². The highest BCUT2D eigenvalue weighted by Crippen LogP contribution is 2.47. The third-order valence-electron chi connectivity index (χ3n) is 3.10. The fourth-order valence-corrected chi connectivity index (χ4v) is 2.61. The molecule has 0 saturated heterocycles. The van der Waals surface area contributed by atoms with Crippen molar-refractivity contribution in [1.29, 1.82) is 0 Å². The van der Waals surface area contributed by atoms with Gasteiger partial charge in [0.15, 0.2) is 0 Å². The average molecular weight is 233 g/mol. The van der Waals surface area contributed by atoms with Gasteiger partial charge in [0.2, 0.25) is 0 Å². The predicted molar refractivity (Wildman–Crippen MR) is 58.8 cm³/mol. The zero-order valence-electron chi connectivity index (χ0n) is 8.62. The van der Waals surface area contributed by atoms with E-state index < -0.39 is 0 Å². The van der Waals surface area contributed by atoms with E-state index in [9.17, 15) is 0 Å². The number of hydrogen-bond acceptors (Lipinski definition) is 0. The van der Waals surface area contributed by atoms with E-state index in [2.05, 4.69) is 36.7 Å². The van der Waals surface area contributed by atoms with Gasteiger partial charge in [0, 0.05) is 5.33 Å². The molecule has 0 radical (unpaired) electrons. The summed E-state index contributed by atoms with van der Waals surface area (Å²) in [6.45, 7) is 7.02. The first-order valence-electron chi connectivity index (χ1n) is 5.04. The van der Waals surface area contributed by atoms with Crippen molar-refractivity contribution in [2.45, 2.75) is 52.9 Å². The van der Waals surface area contributed by atoms with Crippen LogP contribution in [0.4, 0.5) is 0 Å². The van der Waals surface area contributed by atoms with E-state index in [-0.39, 0.29) is 0 Å². The summed E-state index contributed by atoms with van der Waals surface area (Å²) in [5, 5.41) is 1.22.